The average molecular weight is 253 g/mol. The fourth-order valence-corrected chi connectivity index (χ4v) is 1.90. The molecule has 0 aliphatic heterocycles. The van der Waals surface area contributed by atoms with Gasteiger partial charge in [-0.1, -0.05) is 6.07 Å². The van der Waals surface area contributed by atoms with Crippen molar-refractivity contribution in [2.75, 3.05) is 0 Å². The topological polar surface area (TPSA) is 42.4 Å². The molecule has 0 radical (unpaired) electrons. The van der Waals surface area contributed by atoms with Crippen molar-refractivity contribution in [3.8, 4) is 5.75 Å². The van der Waals surface area contributed by atoms with Gasteiger partial charge in [0.15, 0.2) is 11.6 Å². The number of benzene rings is 1. The summed E-state index contributed by atoms with van der Waals surface area (Å²) in [6, 6.07) is 4.44. The molecule has 2 aromatic rings. The number of nitrogens with zero attached hydrogens (tertiary/aromatic N) is 1. The third-order valence-corrected chi connectivity index (χ3v) is 2.93. The van der Waals surface area contributed by atoms with Crippen LogP contribution in [0.15, 0.2) is 29.1 Å². The molecule has 3 nitrogen and oxygen atoms in total. The summed E-state index contributed by atoms with van der Waals surface area (Å²) < 4.78 is 18.9. The van der Waals surface area contributed by atoms with Crippen LogP contribution >= 0.6 is 11.3 Å². The second-order valence-corrected chi connectivity index (χ2v) is 4.35. The highest BCUT2D eigenvalue weighted by Gasteiger charge is 2.08. The van der Waals surface area contributed by atoms with E-state index >= 15 is 0 Å². The molecule has 1 unspecified atom stereocenters. The van der Waals surface area contributed by atoms with Crippen LogP contribution in [0.3, 0.4) is 0 Å². The summed E-state index contributed by atoms with van der Waals surface area (Å²) in [6.07, 6.45) is -0.683. The Morgan fingerprint density at radius 1 is 1.53 bits per heavy atom. The Hall–Kier alpha value is -1.46. The zero-order valence-electron chi connectivity index (χ0n) is 9.26. The minimum Gasteiger partial charge on any atom is -0.484 e. The van der Waals surface area contributed by atoms with Gasteiger partial charge in [0.1, 0.15) is 6.61 Å². The highest BCUT2D eigenvalue weighted by atomic mass is 32.1. The minimum absolute atomic E-state index is 0.169. The number of aliphatic hydroxyl groups excluding tert-OH is 1. The summed E-state index contributed by atoms with van der Waals surface area (Å²) >= 11 is 1.47. The molecule has 0 aliphatic rings. The molecular formula is C12H12FNO2S. The predicted molar refractivity (Wildman–Crippen MR) is 63.5 cm³/mol. The number of ether oxygens (including phenoxy) is 1. The standard InChI is InChI=1S/C12H12FNO2S/c1-8(15)9-2-3-12(11(13)4-9)16-5-10-6-17-7-14-10/h2-4,6-8,15H,5H2,1H3. The van der Waals surface area contributed by atoms with E-state index in [1.54, 1.807) is 18.5 Å². The van der Waals surface area contributed by atoms with E-state index in [9.17, 15) is 9.50 Å². The quantitative estimate of drug-likeness (QED) is 0.911. The van der Waals surface area contributed by atoms with E-state index in [-0.39, 0.29) is 12.4 Å². The van der Waals surface area contributed by atoms with Crippen molar-refractivity contribution in [2.45, 2.75) is 19.6 Å². The first-order chi connectivity index (χ1) is 8.16. The highest BCUT2D eigenvalue weighted by molar-refractivity contribution is 7.07. The zero-order chi connectivity index (χ0) is 12.3. The fraction of sp³-hybridized carbons (Fsp3) is 0.250. The van der Waals surface area contributed by atoms with Crippen LogP contribution in [0.4, 0.5) is 4.39 Å². The first kappa shape index (κ1) is 12.0. The third kappa shape index (κ3) is 3.01. The van der Waals surface area contributed by atoms with Gasteiger partial charge in [-0.2, -0.15) is 0 Å². The maximum Gasteiger partial charge on any atom is 0.165 e. The molecule has 1 heterocycles. The van der Waals surface area contributed by atoms with Gasteiger partial charge in [-0.25, -0.2) is 9.37 Å². The summed E-state index contributed by atoms with van der Waals surface area (Å²) in [7, 11) is 0. The number of aromatic nitrogens is 1. The Kier molecular flexibility index (Phi) is 3.71. The first-order valence-electron chi connectivity index (χ1n) is 5.14. The zero-order valence-corrected chi connectivity index (χ0v) is 10.1. The van der Waals surface area contributed by atoms with Crippen molar-refractivity contribution in [3.05, 3.63) is 46.2 Å². The van der Waals surface area contributed by atoms with Gasteiger partial charge in [-0.15, -0.1) is 11.3 Å². The molecule has 5 heteroatoms. The van der Waals surface area contributed by atoms with E-state index in [1.165, 1.54) is 23.5 Å². The molecule has 1 aromatic carbocycles. The molecule has 0 aliphatic carbocycles. The molecule has 0 spiro atoms. The lowest BCUT2D eigenvalue weighted by molar-refractivity contribution is 0.198. The number of hydrogen-bond acceptors (Lipinski definition) is 4. The molecule has 0 amide bonds. The van der Waals surface area contributed by atoms with Gasteiger partial charge in [0.05, 0.1) is 17.3 Å². The molecule has 17 heavy (non-hydrogen) atoms. The summed E-state index contributed by atoms with van der Waals surface area (Å²) in [5.74, 6) is -0.305. The lowest BCUT2D eigenvalue weighted by atomic mass is 10.1. The Labute approximate surface area is 103 Å². The number of hydrogen-bond donors (Lipinski definition) is 1. The van der Waals surface area contributed by atoms with Crippen molar-refractivity contribution in [1.29, 1.82) is 0 Å². The number of halogens is 1. The monoisotopic (exact) mass is 253 g/mol. The molecule has 1 atom stereocenters. The second-order valence-electron chi connectivity index (χ2n) is 3.63. The summed E-state index contributed by atoms with van der Waals surface area (Å²) in [5.41, 5.74) is 3.00. The van der Waals surface area contributed by atoms with Crippen molar-refractivity contribution in [1.82, 2.24) is 4.98 Å². The second kappa shape index (κ2) is 5.25. The maximum absolute atomic E-state index is 13.6. The van der Waals surface area contributed by atoms with Crippen molar-refractivity contribution in [2.24, 2.45) is 0 Å². The van der Waals surface area contributed by atoms with E-state index in [0.29, 0.717) is 5.56 Å². The number of rotatable bonds is 4. The van der Waals surface area contributed by atoms with Crippen LogP contribution in [-0.4, -0.2) is 10.1 Å². The van der Waals surface area contributed by atoms with Gasteiger partial charge >= 0.3 is 0 Å². The Balaban J connectivity index is 2.06. The van der Waals surface area contributed by atoms with Gasteiger partial charge < -0.3 is 9.84 Å². The van der Waals surface area contributed by atoms with E-state index in [0.717, 1.165) is 5.69 Å². The minimum atomic E-state index is -0.683. The van der Waals surface area contributed by atoms with Gasteiger partial charge in [-0.3, -0.25) is 0 Å². The van der Waals surface area contributed by atoms with Crippen molar-refractivity contribution >= 4 is 11.3 Å². The first-order valence-corrected chi connectivity index (χ1v) is 6.08. The maximum atomic E-state index is 13.6. The van der Waals surface area contributed by atoms with Gasteiger partial charge in [0.2, 0.25) is 0 Å². The van der Waals surface area contributed by atoms with Crippen LogP contribution in [0, 0.1) is 5.82 Å². The Bertz CT molecular complexity index is 485. The van der Waals surface area contributed by atoms with Crippen LogP contribution < -0.4 is 4.74 Å². The third-order valence-electron chi connectivity index (χ3n) is 2.30. The van der Waals surface area contributed by atoms with E-state index in [1.807, 2.05) is 5.38 Å². The van der Waals surface area contributed by atoms with E-state index < -0.39 is 11.9 Å². The van der Waals surface area contributed by atoms with Crippen LogP contribution in [0.5, 0.6) is 5.75 Å². The molecule has 0 bridgehead atoms. The van der Waals surface area contributed by atoms with Crippen molar-refractivity contribution < 1.29 is 14.2 Å². The molecule has 90 valence electrons. The number of thiazole rings is 1. The molecular weight excluding hydrogens is 241 g/mol. The normalized spacial score (nSPS) is 12.4. The van der Waals surface area contributed by atoms with Gasteiger partial charge in [0.25, 0.3) is 0 Å². The Morgan fingerprint density at radius 2 is 2.35 bits per heavy atom. The summed E-state index contributed by atoms with van der Waals surface area (Å²) in [4.78, 5) is 4.04. The number of aliphatic hydroxyl groups is 1. The summed E-state index contributed by atoms with van der Waals surface area (Å²) in [6.45, 7) is 1.83. The highest BCUT2D eigenvalue weighted by Crippen LogP contribution is 2.22. The Morgan fingerprint density at radius 3 is 2.94 bits per heavy atom. The lowest BCUT2D eigenvalue weighted by Crippen LogP contribution is -1.99. The lowest BCUT2D eigenvalue weighted by Gasteiger charge is -2.09. The van der Waals surface area contributed by atoms with Crippen LogP contribution in [0.2, 0.25) is 0 Å². The molecule has 0 fully saturated rings. The summed E-state index contributed by atoms with van der Waals surface area (Å²) in [5, 5.41) is 11.2. The molecule has 0 saturated heterocycles. The molecule has 0 saturated carbocycles. The van der Waals surface area contributed by atoms with E-state index in [2.05, 4.69) is 4.98 Å². The van der Waals surface area contributed by atoms with Gasteiger partial charge in [0, 0.05) is 5.38 Å². The van der Waals surface area contributed by atoms with Crippen LogP contribution in [0.25, 0.3) is 0 Å². The van der Waals surface area contributed by atoms with Crippen LogP contribution in [-0.2, 0) is 6.61 Å². The van der Waals surface area contributed by atoms with E-state index in [4.69, 9.17) is 4.74 Å². The predicted octanol–water partition coefficient (Wildman–Crippen LogP) is 2.91. The molecule has 1 aromatic heterocycles. The molecule has 1 N–H and O–H groups in total. The average Bonchev–Trinajstić information content (AvgIpc) is 2.80. The largest absolute Gasteiger partial charge is 0.484 e. The fourth-order valence-electron chi connectivity index (χ4n) is 1.35. The van der Waals surface area contributed by atoms with Gasteiger partial charge in [-0.05, 0) is 24.6 Å². The van der Waals surface area contributed by atoms with Crippen LogP contribution in [0.1, 0.15) is 24.3 Å². The van der Waals surface area contributed by atoms with Crippen molar-refractivity contribution in [3.63, 3.8) is 0 Å². The molecule has 2 rings (SSSR count). The SMILES string of the molecule is CC(O)c1ccc(OCc2cscn2)c(F)c1. The smallest absolute Gasteiger partial charge is 0.165 e.